The number of carboxylic acids is 1. The summed E-state index contributed by atoms with van der Waals surface area (Å²) in [4.78, 5) is 10.9. The summed E-state index contributed by atoms with van der Waals surface area (Å²) in [6, 6.07) is 10.6. The number of carboxylic acid groups (broad SMARTS) is 1. The second-order valence-electron chi connectivity index (χ2n) is 5.13. The summed E-state index contributed by atoms with van der Waals surface area (Å²) >= 11 is 0. The molecule has 2 aromatic carbocycles. The molecule has 1 atom stereocenters. The van der Waals surface area contributed by atoms with Crippen molar-refractivity contribution < 1.29 is 9.90 Å². The van der Waals surface area contributed by atoms with E-state index in [2.05, 4.69) is 26.8 Å². The summed E-state index contributed by atoms with van der Waals surface area (Å²) in [5.41, 5.74) is 12.3. The third-order valence-corrected chi connectivity index (χ3v) is 3.95. The number of benzene rings is 2. The van der Waals surface area contributed by atoms with Gasteiger partial charge in [-0.05, 0) is 60.7 Å². The molecule has 0 bridgehead atoms. The van der Waals surface area contributed by atoms with Crippen LogP contribution in [-0.4, -0.2) is 11.1 Å². The van der Waals surface area contributed by atoms with Gasteiger partial charge in [0.05, 0.1) is 11.6 Å². The van der Waals surface area contributed by atoms with Crippen LogP contribution in [0.1, 0.15) is 44.2 Å². The van der Waals surface area contributed by atoms with Crippen LogP contribution in [0.25, 0.3) is 0 Å². The Hall–Kier alpha value is -2.13. The highest BCUT2D eigenvalue weighted by atomic mass is 16.4. The average molecular weight is 269 g/mol. The number of nitrogens with two attached hydrogens (primary N) is 1. The van der Waals surface area contributed by atoms with E-state index >= 15 is 0 Å². The van der Waals surface area contributed by atoms with Crippen LogP contribution in [0.2, 0.25) is 0 Å². The molecule has 3 heteroatoms. The first-order chi connectivity index (χ1) is 9.41. The molecule has 0 aliphatic carbocycles. The molecular formula is C17H19NO2. The van der Waals surface area contributed by atoms with Crippen molar-refractivity contribution in [3.05, 3.63) is 69.8 Å². The van der Waals surface area contributed by atoms with Crippen LogP contribution in [0, 0.1) is 20.8 Å². The molecule has 0 spiro atoms. The third-order valence-electron chi connectivity index (χ3n) is 3.95. The molecule has 0 heterocycles. The highest BCUT2D eigenvalue weighted by molar-refractivity contribution is 5.87. The Bertz CT molecular complexity index is 645. The number of hydrogen-bond donors (Lipinski definition) is 2. The van der Waals surface area contributed by atoms with Gasteiger partial charge in [-0.15, -0.1) is 0 Å². The van der Waals surface area contributed by atoms with Crippen molar-refractivity contribution in [3.63, 3.8) is 0 Å². The molecule has 0 saturated carbocycles. The largest absolute Gasteiger partial charge is 0.478 e. The van der Waals surface area contributed by atoms with E-state index < -0.39 is 5.97 Å². The van der Waals surface area contributed by atoms with Gasteiger partial charge >= 0.3 is 5.97 Å². The van der Waals surface area contributed by atoms with Crippen molar-refractivity contribution in [3.8, 4) is 0 Å². The van der Waals surface area contributed by atoms with Gasteiger partial charge in [0.1, 0.15) is 0 Å². The van der Waals surface area contributed by atoms with Crippen molar-refractivity contribution >= 4 is 5.97 Å². The van der Waals surface area contributed by atoms with Gasteiger partial charge in [-0.2, -0.15) is 0 Å². The van der Waals surface area contributed by atoms with Gasteiger partial charge < -0.3 is 10.8 Å². The van der Waals surface area contributed by atoms with E-state index in [0.717, 1.165) is 11.1 Å². The first-order valence-corrected chi connectivity index (χ1v) is 6.57. The molecule has 0 saturated heterocycles. The second-order valence-corrected chi connectivity index (χ2v) is 5.13. The minimum atomic E-state index is -0.924. The summed E-state index contributed by atoms with van der Waals surface area (Å²) in [5.74, 6) is -0.924. The average Bonchev–Trinajstić information content (AvgIpc) is 2.44. The highest BCUT2D eigenvalue weighted by Crippen LogP contribution is 2.26. The topological polar surface area (TPSA) is 63.3 Å². The van der Waals surface area contributed by atoms with Gasteiger partial charge in [-0.3, -0.25) is 0 Å². The SMILES string of the molecule is Cc1ccc(C(N)c2ccc(C(=O)O)cc2)c(C)c1C. The molecule has 0 radical (unpaired) electrons. The van der Waals surface area contributed by atoms with Gasteiger partial charge in [-0.25, -0.2) is 4.79 Å². The third kappa shape index (κ3) is 2.58. The monoisotopic (exact) mass is 269 g/mol. The van der Waals surface area contributed by atoms with Crippen molar-refractivity contribution in [1.82, 2.24) is 0 Å². The van der Waals surface area contributed by atoms with E-state index in [4.69, 9.17) is 10.8 Å². The van der Waals surface area contributed by atoms with Gasteiger partial charge in [-0.1, -0.05) is 24.3 Å². The Morgan fingerprint density at radius 3 is 2.15 bits per heavy atom. The van der Waals surface area contributed by atoms with E-state index in [1.807, 2.05) is 6.07 Å². The lowest BCUT2D eigenvalue weighted by atomic mass is 9.91. The summed E-state index contributed by atoms with van der Waals surface area (Å²) in [5, 5.41) is 8.91. The normalized spacial score (nSPS) is 12.2. The zero-order valence-electron chi connectivity index (χ0n) is 12.0. The molecule has 2 aromatic rings. The van der Waals surface area contributed by atoms with Crippen molar-refractivity contribution in [2.24, 2.45) is 5.73 Å². The number of aromatic carboxylic acids is 1. The summed E-state index contributed by atoms with van der Waals surface area (Å²) < 4.78 is 0. The Morgan fingerprint density at radius 1 is 1.00 bits per heavy atom. The van der Waals surface area contributed by atoms with Gasteiger partial charge in [0.2, 0.25) is 0 Å². The maximum absolute atomic E-state index is 10.9. The Morgan fingerprint density at radius 2 is 1.60 bits per heavy atom. The fourth-order valence-corrected chi connectivity index (χ4v) is 2.33. The maximum Gasteiger partial charge on any atom is 0.335 e. The molecule has 3 N–H and O–H groups in total. The van der Waals surface area contributed by atoms with E-state index in [-0.39, 0.29) is 11.6 Å². The molecule has 0 aliphatic heterocycles. The molecule has 1 unspecified atom stereocenters. The van der Waals surface area contributed by atoms with Crippen LogP contribution in [0.15, 0.2) is 36.4 Å². The lowest BCUT2D eigenvalue weighted by Crippen LogP contribution is -2.14. The molecule has 0 amide bonds. The predicted molar refractivity (Wildman–Crippen MR) is 80.1 cm³/mol. The first-order valence-electron chi connectivity index (χ1n) is 6.57. The molecule has 104 valence electrons. The predicted octanol–water partition coefficient (Wildman–Crippen LogP) is 3.36. The number of hydrogen-bond acceptors (Lipinski definition) is 2. The second kappa shape index (κ2) is 5.47. The quantitative estimate of drug-likeness (QED) is 0.898. The Labute approximate surface area is 119 Å². The van der Waals surface area contributed by atoms with Crippen LogP contribution in [0.4, 0.5) is 0 Å². The summed E-state index contributed by atoms with van der Waals surface area (Å²) in [6.07, 6.45) is 0. The fourth-order valence-electron chi connectivity index (χ4n) is 2.33. The lowest BCUT2D eigenvalue weighted by Gasteiger charge is -2.18. The van der Waals surface area contributed by atoms with Crippen LogP contribution in [0.3, 0.4) is 0 Å². The van der Waals surface area contributed by atoms with E-state index in [1.165, 1.54) is 16.7 Å². The fraction of sp³-hybridized carbons (Fsp3) is 0.235. The molecule has 0 fully saturated rings. The van der Waals surface area contributed by atoms with Gasteiger partial charge in [0.15, 0.2) is 0 Å². The van der Waals surface area contributed by atoms with Crippen LogP contribution < -0.4 is 5.73 Å². The molecule has 20 heavy (non-hydrogen) atoms. The summed E-state index contributed by atoms with van der Waals surface area (Å²) in [6.45, 7) is 6.25. The van der Waals surface area contributed by atoms with E-state index in [9.17, 15) is 4.79 Å². The first kappa shape index (κ1) is 14.3. The zero-order valence-corrected chi connectivity index (χ0v) is 12.0. The number of rotatable bonds is 3. The van der Waals surface area contributed by atoms with Crippen LogP contribution in [0.5, 0.6) is 0 Å². The highest BCUT2D eigenvalue weighted by Gasteiger charge is 2.14. The Balaban J connectivity index is 2.38. The minimum Gasteiger partial charge on any atom is -0.478 e. The molecular weight excluding hydrogens is 250 g/mol. The van der Waals surface area contributed by atoms with E-state index in [0.29, 0.717) is 0 Å². The number of carbonyl (C=O) groups is 1. The number of aryl methyl sites for hydroxylation is 1. The van der Waals surface area contributed by atoms with Crippen molar-refractivity contribution in [1.29, 1.82) is 0 Å². The van der Waals surface area contributed by atoms with Crippen molar-refractivity contribution in [2.45, 2.75) is 26.8 Å². The minimum absolute atomic E-state index is 0.239. The standard InChI is InChI=1S/C17H19NO2/c1-10-4-9-15(12(3)11(10)2)16(18)13-5-7-14(8-6-13)17(19)20/h4-9,16H,18H2,1-3H3,(H,19,20). The van der Waals surface area contributed by atoms with Crippen molar-refractivity contribution in [2.75, 3.05) is 0 Å². The smallest absolute Gasteiger partial charge is 0.335 e. The zero-order chi connectivity index (χ0) is 14.9. The molecule has 3 nitrogen and oxygen atoms in total. The molecule has 0 aromatic heterocycles. The van der Waals surface area contributed by atoms with Gasteiger partial charge in [0, 0.05) is 0 Å². The summed E-state index contributed by atoms with van der Waals surface area (Å²) in [7, 11) is 0. The maximum atomic E-state index is 10.9. The van der Waals surface area contributed by atoms with Crippen LogP contribution in [-0.2, 0) is 0 Å². The Kier molecular flexibility index (Phi) is 3.91. The lowest BCUT2D eigenvalue weighted by molar-refractivity contribution is 0.0697. The molecule has 2 rings (SSSR count). The van der Waals surface area contributed by atoms with Gasteiger partial charge in [0.25, 0.3) is 0 Å². The van der Waals surface area contributed by atoms with Crippen LogP contribution >= 0.6 is 0 Å². The molecule has 0 aliphatic rings. The van der Waals surface area contributed by atoms with E-state index in [1.54, 1.807) is 24.3 Å².